The topological polar surface area (TPSA) is 187 Å². The lowest BCUT2D eigenvalue weighted by Gasteiger charge is -2.35. The van der Waals surface area contributed by atoms with Crippen LogP contribution in [0.2, 0.25) is 0 Å². The number of aliphatic hydroxyl groups excluding tert-OH is 1. The SMILES string of the molecule is Cc1ncsc1-c1ccc(CNC(=O)C2CC(O)CN2C(=O)C(NC(=O)COCCOCCOCCOCCOCCN2CCC(N)CC2)C(C)(C)C)cc1. The second-order valence-corrected chi connectivity index (χ2v) is 16.0. The largest absolute Gasteiger partial charge is 0.391 e. The van der Waals surface area contributed by atoms with E-state index in [9.17, 15) is 19.5 Å². The lowest BCUT2D eigenvalue weighted by Crippen LogP contribution is -2.58. The predicted molar refractivity (Wildman–Crippen MR) is 209 cm³/mol. The molecule has 1 aromatic carbocycles. The molecule has 0 radical (unpaired) electrons. The molecule has 55 heavy (non-hydrogen) atoms. The summed E-state index contributed by atoms with van der Waals surface area (Å²) >= 11 is 1.58. The molecular formula is C39H62N6O9S. The van der Waals surface area contributed by atoms with Gasteiger partial charge in [-0.15, -0.1) is 11.3 Å². The number of β-amino-alcohol motifs (C(OH)–C–C–N with tert-alkyl or cyclic N) is 1. The molecule has 2 fully saturated rings. The van der Waals surface area contributed by atoms with Crippen molar-refractivity contribution in [1.82, 2.24) is 25.4 Å². The zero-order chi connectivity index (χ0) is 39.6. The average Bonchev–Trinajstić information content (AvgIpc) is 3.78. The average molecular weight is 791 g/mol. The summed E-state index contributed by atoms with van der Waals surface area (Å²) in [5.41, 5.74) is 10.0. The minimum absolute atomic E-state index is 0.00234. The number of carbonyl (C=O) groups is 3. The summed E-state index contributed by atoms with van der Waals surface area (Å²) in [5, 5.41) is 16.2. The minimum atomic E-state index is -0.943. The lowest BCUT2D eigenvalue weighted by atomic mass is 9.85. The number of amides is 3. The van der Waals surface area contributed by atoms with Crippen LogP contribution in [0.5, 0.6) is 0 Å². The molecule has 15 nitrogen and oxygen atoms in total. The van der Waals surface area contributed by atoms with Crippen LogP contribution in [-0.4, -0.2) is 154 Å². The molecule has 2 aliphatic heterocycles. The van der Waals surface area contributed by atoms with Crippen molar-refractivity contribution in [1.29, 1.82) is 0 Å². The van der Waals surface area contributed by atoms with E-state index < -0.39 is 35.4 Å². The number of aryl methyl sites for hydroxylation is 1. The van der Waals surface area contributed by atoms with Crippen LogP contribution in [0.1, 0.15) is 51.3 Å². The maximum absolute atomic E-state index is 13.8. The molecule has 3 heterocycles. The highest BCUT2D eigenvalue weighted by molar-refractivity contribution is 7.13. The fraction of sp³-hybridized carbons (Fsp3) is 0.692. The highest BCUT2D eigenvalue weighted by atomic mass is 32.1. The van der Waals surface area contributed by atoms with E-state index in [1.54, 1.807) is 11.3 Å². The first-order chi connectivity index (χ1) is 26.4. The van der Waals surface area contributed by atoms with Crippen molar-refractivity contribution >= 4 is 29.1 Å². The van der Waals surface area contributed by atoms with Crippen molar-refractivity contribution in [3.8, 4) is 10.4 Å². The van der Waals surface area contributed by atoms with Gasteiger partial charge in [0.15, 0.2) is 0 Å². The Morgan fingerprint density at radius 1 is 0.927 bits per heavy atom. The molecule has 3 unspecified atom stereocenters. The van der Waals surface area contributed by atoms with E-state index in [1.807, 2.05) is 57.5 Å². The smallest absolute Gasteiger partial charge is 0.246 e. The zero-order valence-electron chi connectivity index (χ0n) is 33.0. The van der Waals surface area contributed by atoms with Crippen LogP contribution in [0.25, 0.3) is 10.4 Å². The van der Waals surface area contributed by atoms with Crippen LogP contribution >= 0.6 is 11.3 Å². The van der Waals surface area contributed by atoms with E-state index in [0.29, 0.717) is 52.3 Å². The third-order valence-corrected chi connectivity index (χ3v) is 10.6. The van der Waals surface area contributed by atoms with Crippen molar-refractivity contribution in [2.75, 3.05) is 92.2 Å². The second-order valence-electron chi connectivity index (χ2n) is 15.1. The summed E-state index contributed by atoms with van der Waals surface area (Å²) in [6, 6.07) is 6.41. The fourth-order valence-electron chi connectivity index (χ4n) is 6.40. The molecule has 1 aromatic heterocycles. The Labute approximate surface area is 329 Å². The van der Waals surface area contributed by atoms with Gasteiger partial charge >= 0.3 is 0 Å². The van der Waals surface area contributed by atoms with Crippen LogP contribution in [0.15, 0.2) is 29.8 Å². The maximum atomic E-state index is 13.8. The monoisotopic (exact) mass is 790 g/mol. The number of piperidine rings is 1. The number of nitrogens with one attached hydrogen (secondary N) is 2. The summed E-state index contributed by atoms with van der Waals surface area (Å²) in [6.07, 6.45) is 1.36. The first kappa shape index (κ1) is 44.7. The molecule has 3 amide bonds. The molecule has 4 rings (SSSR count). The molecule has 0 aliphatic carbocycles. The molecular weight excluding hydrogens is 729 g/mol. The van der Waals surface area contributed by atoms with Crippen molar-refractivity contribution in [2.24, 2.45) is 11.1 Å². The molecule has 16 heteroatoms. The van der Waals surface area contributed by atoms with Crippen LogP contribution in [0.4, 0.5) is 0 Å². The first-order valence-corrected chi connectivity index (χ1v) is 20.2. The normalized spacial score (nSPS) is 18.8. The van der Waals surface area contributed by atoms with Gasteiger partial charge in [0.25, 0.3) is 0 Å². The van der Waals surface area contributed by atoms with Gasteiger partial charge in [0, 0.05) is 32.1 Å². The van der Waals surface area contributed by atoms with Crippen molar-refractivity contribution < 1.29 is 43.2 Å². The number of nitrogens with zero attached hydrogens (tertiary/aromatic N) is 3. The molecule has 3 atom stereocenters. The number of carbonyl (C=O) groups excluding carboxylic acids is 3. The maximum Gasteiger partial charge on any atom is 0.246 e. The molecule has 2 saturated heterocycles. The predicted octanol–water partition coefficient (Wildman–Crippen LogP) is 1.73. The van der Waals surface area contributed by atoms with Gasteiger partial charge in [0.2, 0.25) is 17.7 Å². The summed E-state index contributed by atoms with van der Waals surface area (Å²) < 4.78 is 27.7. The van der Waals surface area contributed by atoms with E-state index >= 15 is 0 Å². The van der Waals surface area contributed by atoms with E-state index in [2.05, 4.69) is 20.5 Å². The number of thiazole rings is 1. The molecule has 2 aliphatic rings. The van der Waals surface area contributed by atoms with Gasteiger partial charge in [-0.2, -0.15) is 0 Å². The summed E-state index contributed by atoms with van der Waals surface area (Å²) in [4.78, 5) is 49.2. The lowest BCUT2D eigenvalue weighted by molar-refractivity contribution is -0.144. The molecule has 0 saturated carbocycles. The van der Waals surface area contributed by atoms with Crippen LogP contribution < -0.4 is 16.4 Å². The highest BCUT2D eigenvalue weighted by Crippen LogP contribution is 2.28. The van der Waals surface area contributed by atoms with Crippen molar-refractivity contribution in [3.63, 3.8) is 0 Å². The quantitative estimate of drug-likeness (QED) is 0.120. The highest BCUT2D eigenvalue weighted by Gasteiger charge is 2.44. The molecule has 0 bridgehead atoms. The van der Waals surface area contributed by atoms with Gasteiger partial charge in [-0.05, 0) is 49.4 Å². The van der Waals surface area contributed by atoms with Crippen molar-refractivity contribution in [2.45, 2.75) is 77.7 Å². The van der Waals surface area contributed by atoms with Gasteiger partial charge in [-0.3, -0.25) is 14.4 Å². The summed E-state index contributed by atoms with van der Waals surface area (Å²) in [7, 11) is 0. The van der Waals surface area contributed by atoms with Gasteiger partial charge in [-0.25, -0.2) is 4.98 Å². The fourth-order valence-corrected chi connectivity index (χ4v) is 7.21. The number of benzene rings is 1. The van der Waals surface area contributed by atoms with Crippen LogP contribution in [0, 0.1) is 12.3 Å². The third-order valence-electron chi connectivity index (χ3n) is 9.62. The Bertz CT molecular complexity index is 1450. The van der Waals surface area contributed by atoms with E-state index in [-0.39, 0.29) is 45.2 Å². The Morgan fingerprint density at radius 2 is 1.51 bits per heavy atom. The van der Waals surface area contributed by atoms with Crippen LogP contribution in [-0.2, 0) is 44.6 Å². The third kappa shape index (κ3) is 15.4. The van der Waals surface area contributed by atoms with E-state index in [1.165, 1.54) is 4.90 Å². The Hall–Kier alpha value is -3.06. The number of ether oxygens (including phenoxy) is 5. The van der Waals surface area contributed by atoms with E-state index in [0.717, 1.165) is 54.2 Å². The van der Waals surface area contributed by atoms with Gasteiger partial charge < -0.3 is 55.0 Å². The van der Waals surface area contributed by atoms with Crippen molar-refractivity contribution in [3.05, 3.63) is 41.0 Å². The van der Waals surface area contributed by atoms with Gasteiger partial charge in [0.05, 0.1) is 81.6 Å². The number of aromatic nitrogens is 1. The molecule has 0 spiro atoms. The van der Waals surface area contributed by atoms with Crippen LogP contribution in [0.3, 0.4) is 0 Å². The Kier molecular flexibility index (Phi) is 18.9. The number of hydrogen-bond acceptors (Lipinski definition) is 13. The Morgan fingerprint density at radius 3 is 2.07 bits per heavy atom. The summed E-state index contributed by atoms with van der Waals surface area (Å²) in [5.74, 6) is -1.26. The first-order valence-electron chi connectivity index (χ1n) is 19.3. The van der Waals surface area contributed by atoms with Gasteiger partial charge in [-0.1, -0.05) is 45.0 Å². The minimum Gasteiger partial charge on any atom is -0.391 e. The zero-order valence-corrected chi connectivity index (χ0v) is 33.8. The molecule has 2 aromatic rings. The molecule has 5 N–H and O–H groups in total. The Balaban J connectivity index is 1.06. The van der Waals surface area contributed by atoms with E-state index in [4.69, 9.17) is 29.4 Å². The standard InChI is InChI=1S/C39H62N6O9S/c1-28-35(55-27-42-28)30-7-5-29(6-8-30)24-41-37(48)33-23-32(46)25-45(33)38(49)36(39(2,3)4)43-34(47)26-54-22-21-53-20-19-52-18-17-51-16-15-50-14-13-44-11-9-31(40)10-12-44/h5-8,27,31-33,36,46H,9-26,40H2,1-4H3,(H,41,48)(H,43,47). The molecule has 308 valence electrons. The second kappa shape index (κ2) is 23.2. The number of rotatable bonds is 23. The van der Waals surface area contributed by atoms with Gasteiger partial charge in [0.1, 0.15) is 18.7 Å². The summed E-state index contributed by atoms with van der Waals surface area (Å²) in [6.45, 7) is 14.4. The number of likely N-dealkylation sites (tertiary alicyclic amines) is 2. The number of nitrogens with two attached hydrogens (primary N) is 1. The number of hydrogen-bond donors (Lipinski definition) is 4. The number of aliphatic hydroxyl groups is 1.